The third kappa shape index (κ3) is 1.64. The lowest BCUT2D eigenvalue weighted by Crippen LogP contribution is -2.66. The first kappa shape index (κ1) is 14.4. The first-order valence-electron chi connectivity index (χ1n) is 7.33. The van der Waals surface area contributed by atoms with E-state index in [2.05, 4.69) is 20.8 Å². The topological polar surface area (TPSA) is 18.5 Å². The van der Waals surface area contributed by atoms with Gasteiger partial charge >= 0.3 is 0 Å². The maximum Gasteiger partial charge on any atom is 0.172 e. The van der Waals surface area contributed by atoms with Crippen LogP contribution < -0.4 is 0 Å². The molecule has 19 heavy (non-hydrogen) atoms. The van der Waals surface area contributed by atoms with Gasteiger partial charge in [-0.25, -0.2) is 0 Å². The van der Waals surface area contributed by atoms with E-state index >= 15 is 0 Å². The zero-order valence-corrected chi connectivity index (χ0v) is 13.6. The standard InChI is InChI=1S/C15H24Cl2O2/c1-13(2,3)14-4-5-15(18-6-7-19-15)12(14)10(8-16)11(14)9-17/h10-12H,4-9H2,1-3H3. The summed E-state index contributed by atoms with van der Waals surface area (Å²) < 4.78 is 12.1. The molecule has 3 aliphatic rings. The van der Waals surface area contributed by atoms with Crippen LogP contribution in [0.4, 0.5) is 0 Å². The molecule has 3 fully saturated rings. The number of rotatable bonds is 2. The molecule has 0 aromatic carbocycles. The summed E-state index contributed by atoms with van der Waals surface area (Å²) in [5, 5.41) is 0. The van der Waals surface area contributed by atoms with Crippen LogP contribution in [-0.4, -0.2) is 30.8 Å². The van der Waals surface area contributed by atoms with Crippen LogP contribution >= 0.6 is 23.2 Å². The summed E-state index contributed by atoms with van der Waals surface area (Å²) in [6, 6.07) is 0. The molecule has 0 aromatic heterocycles. The molecule has 110 valence electrons. The van der Waals surface area contributed by atoms with E-state index in [9.17, 15) is 0 Å². The Morgan fingerprint density at radius 2 is 1.68 bits per heavy atom. The van der Waals surface area contributed by atoms with E-state index in [0.29, 0.717) is 29.5 Å². The van der Waals surface area contributed by atoms with Gasteiger partial charge in [0.25, 0.3) is 0 Å². The smallest absolute Gasteiger partial charge is 0.172 e. The molecule has 1 saturated heterocycles. The fourth-order valence-electron chi connectivity index (χ4n) is 5.35. The zero-order valence-electron chi connectivity index (χ0n) is 12.0. The van der Waals surface area contributed by atoms with Crippen molar-refractivity contribution in [2.75, 3.05) is 25.0 Å². The molecule has 0 amide bonds. The quantitative estimate of drug-likeness (QED) is 0.721. The average Bonchev–Trinajstić information content (AvgIpc) is 2.86. The molecule has 0 N–H and O–H groups in total. The second-order valence-corrected chi connectivity index (χ2v) is 7.97. The van der Waals surface area contributed by atoms with Crippen molar-refractivity contribution in [3.63, 3.8) is 0 Å². The summed E-state index contributed by atoms with van der Waals surface area (Å²) in [4.78, 5) is 0. The highest BCUT2D eigenvalue weighted by Gasteiger charge is 2.76. The predicted molar refractivity (Wildman–Crippen MR) is 77.7 cm³/mol. The minimum absolute atomic E-state index is 0.207. The van der Waals surface area contributed by atoms with Gasteiger partial charge in [0.1, 0.15) is 0 Å². The van der Waals surface area contributed by atoms with E-state index in [1.807, 2.05) is 0 Å². The third-order valence-corrected chi connectivity index (χ3v) is 6.73. The first-order chi connectivity index (χ1) is 8.93. The van der Waals surface area contributed by atoms with Gasteiger partial charge < -0.3 is 9.47 Å². The van der Waals surface area contributed by atoms with Gasteiger partial charge in [-0.3, -0.25) is 0 Å². The molecule has 4 unspecified atom stereocenters. The fraction of sp³-hybridized carbons (Fsp3) is 1.00. The Hall–Kier alpha value is 0.500. The van der Waals surface area contributed by atoms with Gasteiger partial charge in [0.15, 0.2) is 5.79 Å². The molecule has 1 spiro atoms. The molecule has 3 rings (SSSR count). The highest BCUT2D eigenvalue weighted by Crippen LogP contribution is 2.75. The van der Waals surface area contributed by atoms with Gasteiger partial charge in [-0.05, 0) is 29.1 Å². The van der Waals surface area contributed by atoms with Crippen molar-refractivity contribution >= 4 is 23.2 Å². The molecule has 2 nitrogen and oxygen atoms in total. The van der Waals surface area contributed by atoms with Gasteiger partial charge in [-0.15, -0.1) is 23.2 Å². The maximum absolute atomic E-state index is 6.29. The van der Waals surface area contributed by atoms with E-state index in [4.69, 9.17) is 32.7 Å². The van der Waals surface area contributed by atoms with Crippen LogP contribution in [0.2, 0.25) is 0 Å². The van der Waals surface area contributed by atoms with Gasteiger partial charge in [0.2, 0.25) is 0 Å². The van der Waals surface area contributed by atoms with Crippen LogP contribution in [0, 0.1) is 28.6 Å². The first-order valence-corrected chi connectivity index (χ1v) is 8.40. The fourth-order valence-corrected chi connectivity index (χ4v) is 6.24. The average molecular weight is 307 g/mol. The molecule has 2 saturated carbocycles. The minimum Gasteiger partial charge on any atom is -0.347 e. The Balaban J connectivity index is 2.01. The Labute approximate surface area is 126 Å². The van der Waals surface area contributed by atoms with Crippen molar-refractivity contribution in [3.8, 4) is 0 Å². The van der Waals surface area contributed by atoms with Crippen molar-refractivity contribution in [1.82, 2.24) is 0 Å². The zero-order chi connectivity index (χ0) is 13.9. The van der Waals surface area contributed by atoms with E-state index < -0.39 is 0 Å². The largest absolute Gasteiger partial charge is 0.347 e. The van der Waals surface area contributed by atoms with E-state index in [0.717, 1.165) is 26.1 Å². The lowest BCUT2D eigenvalue weighted by atomic mass is 9.40. The van der Waals surface area contributed by atoms with Crippen LogP contribution in [0.25, 0.3) is 0 Å². The van der Waals surface area contributed by atoms with Gasteiger partial charge in [-0.2, -0.15) is 0 Å². The van der Waals surface area contributed by atoms with Crippen molar-refractivity contribution in [2.45, 2.75) is 39.4 Å². The molecule has 1 heterocycles. The molecule has 4 heteroatoms. The van der Waals surface area contributed by atoms with Crippen molar-refractivity contribution in [1.29, 1.82) is 0 Å². The summed E-state index contributed by atoms with van der Waals surface area (Å²) in [6.45, 7) is 8.43. The molecule has 2 aliphatic carbocycles. The van der Waals surface area contributed by atoms with Crippen LogP contribution in [0.15, 0.2) is 0 Å². The SMILES string of the molecule is CC(C)(C)C12CCC3(OCCO3)C1C(CCl)C2CCl. The molecule has 0 bridgehead atoms. The summed E-state index contributed by atoms with van der Waals surface area (Å²) in [7, 11) is 0. The molecule has 0 aromatic rings. The van der Waals surface area contributed by atoms with Crippen molar-refractivity contribution < 1.29 is 9.47 Å². The number of halogens is 2. The highest BCUT2D eigenvalue weighted by molar-refractivity contribution is 6.19. The number of hydrogen-bond donors (Lipinski definition) is 0. The van der Waals surface area contributed by atoms with Gasteiger partial charge in [0.05, 0.1) is 13.2 Å². The summed E-state index contributed by atoms with van der Waals surface area (Å²) in [5.41, 5.74) is 0.428. The van der Waals surface area contributed by atoms with Crippen LogP contribution in [0.3, 0.4) is 0 Å². The van der Waals surface area contributed by atoms with Crippen LogP contribution in [0.5, 0.6) is 0 Å². The number of fused-ring (bicyclic) bond motifs is 2. The molecular weight excluding hydrogens is 283 g/mol. The highest BCUT2D eigenvalue weighted by atomic mass is 35.5. The van der Waals surface area contributed by atoms with Gasteiger partial charge in [0, 0.05) is 24.1 Å². The number of alkyl halides is 2. The molecular formula is C15H24Cl2O2. The second-order valence-electron chi connectivity index (χ2n) is 7.36. The Morgan fingerprint density at radius 3 is 2.16 bits per heavy atom. The Morgan fingerprint density at radius 1 is 1.05 bits per heavy atom. The van der Waals surface area contributed by atoms with E-state index in [1.165, 1.54) is 0 Å². The lowest BCUT2D eigenvalue weighted by Gasteiger charge is -2.66. The molecule has 0 radical (unpaired) electrons. The van der Waals surface area contributed by atoms with Crippen molar-refractivity contribution in [2.24, 2.45) is 28.6 Å². The van der Waals surface area contributed by atoms with E-state index in [1.54, 1.807) is 0 Å². The summed E-state index contributed by atoms with van der Waals surface area (Å²) >= 11 is 12.5. The summed E-state index contributed by atoms with van der Waals surface area (Å²) in [5.74, 6) is 2.32. The molecule has 1 aliphatic heterocycles. The van der Waals surface area contributed by atoms with Crippen molar-refractivity contribution in [3.05, 3.63) is 0 Å². The predicted octanol–water partition coefficient (Wildman–Crippen LogP) is 3.90. The normalized spacial score (nSPS) is 44.4. The monoisotopic (exact) mass is 306 g/mol. The number of ether oxygens (including phenoxy) is 2. The maximum atomic E-state index is 6.29. The number of hydrogen-bond acceptors (Lipinski definition) is 2. The summed E-state index contributed by atoms with van der Waals surface area (Å²) in [6.07, 6.45) is 2.14. The minimum atomic E-state index is -0.366. The van der Waals surface area contributed by atoms with Gasteiger partial charge in [-0.1, -0.05) is 20.8 Å². The Bertz CT molecular complexity index is 360. The van der Waals surface area contributed by atoms with Crippen LogP contribution in [0.1, 0.15) is 33.6 Å². The molecule has 4 atom stereocenters. The second kappa shape index (κ2) is 4.50. The lowest BCUT2D eigenvalue weighted by molar-refractivity contribution is -0.274. The third-order valence-electron chi connectivity index (χ3n) is 6.04. The van der Waals surface area contributed by atoms with Crippen LogP contribution in [-0.2, 0) is 9.47 Å². The Kier molecular flexibility index (Phi) is 3.42. The van der Waals surface area contributed by atoms with E-state index in [-0.39, 0.29) is 16.6 Å².